The fraction of sp³-hybridized carbons (Fsp3) is 0.600. The van der Waals surface area contributed by atoms with Crippen LogP contribution in [0.1, 0.15) is 26.7 Å². The molecule has 4 nitrogen and oxygen atoms in total. The number of ether oxygens (including phenoxy) is 2. The first-order valence-corrected chi connectivity index (χ1v) is 6.65. The van der Waals surface area contributed by atoms with Crippen LogP contribution in [-0.2, 0) is 0 Å². The van der Waals surface area contributed by atoms with E-state index in [2.05, 4.69) is 18.7 Å². The van der Waals surface area contributed by atoms with E-state index < -0.39 is 0 Å². The maximum Gasteiger partial charge on any atom is 0.142 e. The summed E-state index contributed by atoms with van der Waals surface area (Å²) >= 11 is 0. The van der Waals surface area contributed by atoms with Crippen LogP contribution in [0.4, 0.5) is 5.69 Å². The van der Waals surface area contributed by atoms with Crippen molar-refractivity contribution in [1.29, 1.82) is 0 Å². The monoisotopic (exact) mass is 265 g/mol. The quantitative estimate of drug-likeness (QED) is 0.911. The van der Waals surface area contributed by atoms with Crippen molar-refractivity contribution in [3.63, 3.8) is 0 Å². The minimum atomic E-state index is -0.220. The Kier molecular flexibility index (Phi) is 3.90. The minimum absolute atomic E-state index is 0.0999. The van der Waals surface area contributed by atoms with Gasteiger partial charge in [0.1, 0.15) is 11.5 Å². The van der Waals surface area contributed by atoms with Crippen molar-refractivity contribution in [3.05, 3.63) is 18.2 Å². The maximum absolute atomic E-state index is 9.85. The van der Waals surface area contributed by atoms with Crippen LogP contribution < -0.4 is 14.4 Å². The third-order valence-corrected chi connectivity index (χ3v) is 3.83. The van der Waals surface area contributed by atoms with Crippen LogP contribution in [-0.4, -0.2) is 37.5 Å². The summed E-state index contributed by atoms with van der Waals surface area (Å²) in [6, 6.07) is 5.82. The van der Waals surface area contributed by atoms with E-state index in [1.54, 1.807) is 14.2 Å². The normalized spacial score (nSPS) is 22.2. The van der Waals surface area contributed by atoms with E-state index in [1.807, 2.05) is 18.2 Å². The largest absolute Gasteiger partial charge is 0.497 e. The molecule has 0 spiro atoms. The number of hydrogen-bond acceptors (Lipinski definition) is 4. The van der Waals surface area contributed by atoms with Gasteiger partial charge in [-0.05, 0) is 38.8 Å². The van der Waals surface area contributed by atoms with Gasteiger partial charge in [0.25, 0.3) is 0 Å². The molecule has 2 rings (SSSR count). The van der Waals surface area contributed by atoms with Gasteiger partial charge in [0.15, 0.2) is 0 Å². The van der Waals surface area contributed by atoms with Crippen molar-refractivity contribution in [3.8, 4) is 11.5 Å². The number of rotatable bonds is 3. The molecule has 4 heteroatoms. The molecule has 1 heterocycles. The molecule has 1 aromatic carbocycles. The molecular weight excluding hydrogens is 242 g/mol. The average molecular weight is 265 g/mol. The number of aliphatic hydroxyl groups is 1. The highest BCUT2D eigenvalue weighted by Crippen LogP contribution is 2.39. The summed E-state index contributed by atoms with van der Waals surface area (Å²) in [5, 5.41) is 9.85. The Balaban J connectivity index is 2.39. The lowest BCUT2D eigenvalue weighted by Crippen LogP contribution is -2.51. The summed E-state index contributed by atoms with van der Waals surface area (Å²) in [6.45, 7) is 5.11. The second-order valence-corrected chi connectivity index (χ2v) is 5.65. The Labute approximate surface area is 114 Å². The summed E-state index contributed by atoms with van der Waals surface area (Å²) in [5.41, 5.74) is 0.927. The molecular formula is C15H23NO3. The molecule has 0 radical (unpaired) electrons. The lowest BCUT2D eigenvalue weighted by molar-refractivity contribution is 0.107. The van der Waals surface area contributed by atoms with E-state index in [0.29, 0.717) is 0 Å². The third-order valence-electron chi connectivity index (χ3n) is 3.83. The SMILES string of the molecule is COc1ccc(OC)c(N2CCC(O)CC2(C)C)c1. The maximum atomic E-state index is 9.85. The Morgan fingerprint density at radius 2 is 2.00 bits per heavy atom. The van der Waals surface area contributed by atoms with Crippen LogP contribution >= 0.6 is 0 Å². The molecule has 19 heavy (non-hydrogen) atoms. The minimum Gasteiger partial charge on any atom is -0.497 e. The molecule has 1 aliphatic heterocycles. The molecule has 0 bridgehead atoms. The summed E-state index contributed by atoms with van der Waals surface area (Å²) < 4.78 is 10.8. The zero-order valence-electron chi connectivity index (χ0n) is 12.1. The smallest absolute Gasteiger partial charge is 0.142 e. The fourth-order valence-corrected chi connectivity index (χ4v) is 2.82. The molecule has 0 amide bonds. The van der Waals surface area contributed by atoms with Crippen LogP contribution in [0.15, 0.2) is 18.2 Å². The van der Waals surface area contributed by atoms with E-state index in [0.717, 1.165) is 36.6 Å². The topological polar surface area (TPSA) is 41.9 Å². The molecule has 1 aromatic rings. The molecule has 0 saturated carbocycles. The Morgan fingerprint density at radius 3 is 2.58 bits per heavy atom. The van der Waals surface area contributed by atoms with Crippen molar-refractivity contribution in [2.24, 2.45) is 0 Å². The number of aliphatic hydroxyl groups excluding tert-OH is 1. The molecule has 1 aliphatic rings. The average Bonchev–Trinajstić information content (AvgIpc) is 2.37. The van der Waals surface area contributed by atoms with Gasteiger partial charge in [-0.15, -0.1) is 0 Å². The van der Waals surface area contributed by atoms with E-state index in [4.69, 9.17) is 9.47 Å². The third kappa shape index (κ3) is 2.78. The standard InChI is InChI=1S/C15H23NO3/c1-15(2)10-11(17)7-8-16(15)13-9-12(18-3)5-6-14(13)19-4/h5-6,9,11,17H,7-8,10H2,1-4H3. The van der Waals surface area contributed by atoms with E-state index >= 15 is 0 Å². The Bertz CT molecular complexity index is 445. The lowest BCUT2D eigenvalue weighted by Gasteiger charge is -2.46. The first-order chi connectivity index (χ1) is 8.97. The van der Waals surface area contributed by atoms with Gasteiger partial charge in [-0.3, -0.25) is 0 Å². The van der Waals surface area contributed by atoms with Gasteiger partial charge in [0, 0.05) is 18.2 Å². The van der Waals surface area contributed by atoms with Gasteiger partial charge in [-0.2, -0.15) is 0 Å². The molecule has 1 unspecified atom stereocenters. The number of benzene rings is 1. The van der Waals surface area contributed by atoms with Gasteiger partial charge < -0.3 is 19.5 Å². The van der Waals surface area contributed by atoms with Gasteiger partial charge in [-0.25, -0.2) is 0 Å². The molecule has 0 aliphatic carbocycles. The second kappa shape index (κ2) is 5.29. The van der Waals surface area contributed by atoms with Crippen LogP contribution in [0.2, 0.25) is 0 Å². The van der Waals surface area contributed by atoms with Crippen molar-refractivity contribution in [2.75, 3.05) is 25.7 Å². The summed E-state index contributed by atoms with van der Waals surface area (Å²) in [7, 11) is 3.34. The molecule has 1 atom stereocenters. The number of piperidine rings is 1. The van der Waals surface area contributed by atoms with Crippen LogP contribution in [0, 0.1) is 0 Å². The van der Waals surface area contributed by atoms with Crippen LogP contribution in [0.3, 0.4) is 0 Å². The lowest BCUT2D eigenvalue weighted by atomic mass is 9.88. The zero-order valence-corrected chi connectivity index (χ0v) is 12.1. The van der Waals surface area contributed by atoms with Crippen molar-refractivity contribution in [2.45, 2.75) is 38.3 Å². The predicted molar refractivity (Wildman–Crippen MR) is 76.2 cm³/mol. The van der Waals surface area contributed by atoms with E-state index in [1.165, 1.54) is 0 Å². The van der Waals surface area contributed by atoms with E-state index in [9.17, 15) is 5.11 Å². The first kappa shape index (κ1) is 14.0. The Hall–Kier alpha value is -1.42. The molecule has 0 aromatic heterocycles. The Morgan fingerprint density at radius 1 is 1.26 bits per heavy atom. The van der Waals surface area contributed by atoms with Crippen molar-refractivity contribution >= 4 is 5.69 Å². The summed E-state index contributed by atoms with van der Waals surface area (Å²) in [4.78, 5) is 2.29. The fourth-order valence-electron chi connectivity index (χ4n) is 2.82. The summed E-state index contributed by atoms with van der Waals surface area (Å²) in [5.74, 6) is 1.66. The van der Waals surface area contributed by atoms with Gasteiger partial charge in [-0.1, -0.05) is 0 Å². The van der Waals surface area contributed by atoms with Crippen LogP contribution in [0.5, 0.6) is 11.5 Å². The highest BCUT2D eigenvalue weighted by atomic mass is 16.5. The van der Waals surface area contributed by atoms with Gasteiger partial charge >= 0.3 is 0 Å². The number of hydrogen-bond donors (Lipinski definition) is 1. The molecule has 1 fully saturated rings. The number of nitrogens with zero attached hydrogens (tertiary/aromatic N) is 1. The molecule has 106 valence electrons. The first-order valence-electron chi connectivity index (χ1n) is 6.65. The predicted octanol–water partition coefficient (Wildman–Crippen LogP) is 2.44. The zero-order chi connectivity index (χ0) is 14.0. The van der Waals surface area contributed by atoms with Crippen LogP contribution in [0.25, 0.3) is 0 Å². The van der Waals surface area contributed by atoms with Gasteiger partial charge in [0.05, 0.1) is 26.0 Å². The van der Waals surface area contributed by atoms with E-state index in [-0.39, 0.29) is 11.6 Å². The molecule has 1 saturated heterocycles. The van der Waals surface area contributed by atoms with Crippen molar-refractivity contribution in [1.82, 2.24) is 0 Å². The molecule has 1 N–H and O–H groups in total. The van der Waals surface area contributed by atoms with Gasteiger partial charge in [0.2, 0.25) is 0 Å². The summed E-state index contributed by atoms with van der Waals surface area (Å²) in [6.07, 6.45) is 1.32. The van der Waals surface area contributed by atoms with Crippen molar-refractivity contribution < 1.29 is 14.6 Å². The second-order valence-electron chi connectivity index (χ2n) is 5.65. The highest BCUT2D eigenvalue weighted by Gasteiger charge is 2.35. The number of anilines is 1. The number of methoxy groups -OCH3 is 2. The highest BCUT2D eigenvalue weighted by molar-refractivity contribution is 5.63.